The Morgan fingerprint density at radius 3 is 2.48 bits per heavy atom. The Hall–Kier alpha value is -1.58. The highest BCUT2D eigenvalue weighted by molar-refractivity contribution is 7.89. The highest BCUT2D eigenvalue weighted by Gasteiger charge is 2.48. The molecule has 2 N–H and O–H groups in total. The minimum absolute atomic E-state index is 0.139. The first kappa shape index (κ1) is 15.8. The molecule has 0 aliphatic carbocycles. The van der Waals surface area contributed by atoms with Gasteiger partial charge in [0.1, 0.15) is 17.0 Å². The molecule has 0 aromatic heterocycles. The normalized spacial score (nSPS) is 26.0. The molecule has 1 heterocycles. The second-order valence-electron chi connectivity index (χ2n) is 5.02. The van der Waals surface area contributed by atoms with Crippen LogP contribution in [0.5, 0.6) is 0 Å². The molecular weight excluding hydrogens is 308 g/mol. The molecule has 0 radical (unpaired) electrons. The van der Waals surface area contributed by atoms with Crippen LogP contribution in [-0.4, -0.2) is 38.7 Å². The highest BCUT2D eigenvalue weighted by atomic mass is 32.2. The maximum atomic E-state index is 13.1. The molecule has 0 saturated carbocycles. The SMILES string of the molecule is CC1(C(=O)O)COCC1NS(=O)(=O)c1cc(F)cc(F)c1. The quantitative estimate of drug-likeness (QED) is 0.853. The molecule has 0 spiro atoms. The van der Waals surface area contributed by atoms with Crippen LogP contribution < -0.4 is 4.72 Å². The molecule has 0 amide bonds. The van der Waals surface area contributed by atoms with Crippen LogP contribution in [0, 0.1) is 17.0 Å². The van der Waals surface area contributed by atoms with Gasteiger partial charge >= 0.3 is 5.97 Å². The Bertz CT molecular complexity index is 658. The summed E-state index contributed by atoms with van der Waals surface area (Å²) in [7, 11) is -4.27. The number of halogens is 2. The monoisotopic (exact) mass is 321 g/mol. The predicted octanol–water partition coefficient (Wildman–Crippen LogP) is 0.733. The summed E-state index contributed by atoms with van der Waals surface area (Å²) in [5.41, 5.74) is -1.45. The molecule has 9 heteroatoms. The van der Waals surface area contributed by atoms with Crippen LogP contribution in [0.2, 0.25) is 0 Å². The maximum absolute atomic E-state index is 13.1. The third kappa shape index (κ3) is 3.04. The molecule has 116 valence electrons. The molecule has 2 unspecified atom stereocenters. The number of rotatable bonds is 4. The topological polar surface area (TPSA) is 92.7 Å². The second kappa shape index (κ2) is 5.32. The van der Waals surface area contributed by atoms with Crippen molar-refractivity contribution >= 4 is 16.0 Å². The molecule has 6 nitrogen and oxygen atoms in total. The molecule has 1 saturated heterocycles. The van der Waals surface area contributed by atoms with Gasteiger partial charge in [0.25, 0.3) is 0 Å². The van der Waals surface area contributed by atoms with Gasteiger partial charge < -0.3 is 9.84 Å². The van der Waals surface area contributed by atoms with Gasteiger partial charge in [0.2, 0.25) is 10.0 Å². The summed E-state index contributed by atoms with van der Waals surface area (Å²) in [6.45, 7) is 1.04. The summed E-state index contributed by atoms with van der Waals surface area (Å²) in [6.07, 6.45) is 0. The summed E-state index contributed by atoms with van der Waals surface area (Å²) >= 11 is 0. The van der Waals surface area contributed by atoms with E-state index in [1.165, 1.54) is 6.92 Å². The first-order valence-electron chi connectivity index (χ1n) is 5.95. The average molecular weight is 321 g/mol. The Labute approximate surface area is 119 Å². The van der Waals surface area contributed by atoms with E-state index in [9.17, 15) is 22.0 Å². The van der Waals surface area contributed by atoms with Crippen LogP contribution in [0.1, 0.15) is 6.92 Å². The fraction of sp³-hybridized carbons (Fsp3) is 0.417. The van der Waals surface area contributed by atoms with E-state index in [1.807, 2.05) is 0 Å². The van der Waals surface area contributed by atoms with Crippen molar-refractivity contribution < 1.29 is 31.8 Å². The zero-order valence-corrected chi connectivity index (χ0v) is 11.8. The molecule has 1 aliphatic rings. The van der Waals surface area contributed by atoms with Crippen LogP contribution in [0.25, 0.3) is 0 Å². The van der Waals surface area contributed by atoms with Crippen LogP contribution >= 0.6 is 0 Å². The van der Waals surface area contributed by atoms with Gasteiger partial charge in [-0.1, -0.05) is 0 Å². The van der Waals surface area contributed by atoms with E-state index in [2.05, 4.69) is 4.72 Å². The lowest BCUT2D eigenvalue weighted by molar-refractivity contribution is -0.148. The van der Waals surface area contributed by atoms with Gasteiger partial charge in [-0.05, 0) is 19.1 Å². The Balaban J connectivity index is 2.31. The van der Waals surface area contributed by atoms with Crippen molar-refractivity contribution in [1.82, 2.24) is 4.72 Å². The van der Waals surface area contributed by atoms with E-state index >= 15 is 0 Å². The number of sulfonamides is 1. The number of carbonyl (C=O) groups is 1. The zero-order chi connectivity index (χ0) is 15.8. The fourth-order valence-corrected chi connectivity index (χ4v) is 3.36. The van der Waals surface area contributed by atoms with Crippen molar-refractivity contribution in [2.24, 2.45) is 5.41 Å². The fourth-order valence-electron chi connectivity index (χ4n) is 1.99. The van der Waals surface area contributed by atoms with E-state index < -0.39 is 44.0 Å². The van der Waals surface area contributed by atoms with Crippen molar-refractivity contribution in [2.75, 3.05) is 13.2 Å². The molecule has 1 aliphatic heterocycles. The van der Waals surface area contributed by atoms with Crippen LogP contribution in [-0.2, 0) is 19.6 Å². The van der Waals surface area contributed by atoms with Crippen molar-refractivity contribution in [3.63, 3.8) is 0 Å². The largest absolute Gasteiger partial charge is 0.481 e. The minimum Gasteiger partial charge on any atom is -0.481 e. The molecule has 2 rings (SSSR count). The Morgan fingerprint density at radius 1 is 1.38 bits per heavy atom. The molecular formula is C12H13F2NO5S. The van der Waals surface area contributed by atoms with Gasteiger partial charge in [-0.2, -0.15) is 0 Å². The molecule has 21 heavy (non-hydrogen) atoms. The van der Waals surface area contributed by atoms with Gasteiger partial charge in [0.15, 0.2) is 0 Å². The van der Waals surface area contributed by atoms with Gasteiger partial charge in [-0.25, -0.2) is 21.9 Å². The van der Waals surface area contributed by atoms with E-state index in [-0.39, 0.29) is 13.2 Å². The highest BCUT2D eigenvalue weighted by Crippen LogP contribution is 2.30. The van der Waals surface area contributed by atoms with Crippen molar-refractivity contribution in [3.8, 4) is 0 Å². The van der Waals surface area contributed by atoms with Crippen molar-refractivity contribution in [3.05, 3.63) is 29.8 Å². The number of carboxylic acid groups (broad SMARTS) is 1. The zero-order valence-electron chi connectivity index (χ0n) is 11.0. The van der Waals surface area contributed by atoms with Gasteiger partial charge in [-0.3, -0.25) is 4.79 Å². The third-order valence-corrected chi connectivity index (χ3v) is 4.84. The van der Waals surface area contributed by atoms with E-state index in [1.54, 1.807) is 0 Å². The lowest BCUT2D eigenvalue weighted by Gasteiger charge is -2.25. The van der Waals surface area contributed by atoms with Crippen LogP contribution in [0.3, 0.4) is 0 Å². The second-order valence-corrected chi connectivity index (χ2v) is 6.73. The third-order valence-electron chi connectivity index (χ3n) is 3.39. The molecule has 0 bridgehead atoms. The van der Waals surface area contributed by atoms with Crippen molar-refractivity contribution in [1.29, 1.82) is 0 Å². The number of hydrogen-bond donors (Lipinski definition) is 2. The standard InChI is InChI=1S/C12H13F2NO5S/c1-12(11(16)17)6-20-5-10(12)15-21(18,19)9-3-7(13)2-8(14)4-9/h2-4,10,15H,5-6H2,1H3,(H,16,17). The van der Waals surface area contributed by atoms with E-state index in [0.29, 0.717) is 18.2 Å². The number of ether oxygens (including phenoxy) is 1. The lowest BCUT2D eigenvalue weighted by Crippen LogP contribution is -2.49. The summed E-state index contributed by atoms with van der Waals surface area (Å²) in [5.74, 6) is -3.31. The Morgan fingerprint density at radius 2 is 1.95 bits per heavy atom. The number of aliphatic carboxylic acids is 1. The minimum atomic E-state index is -4.27. The maximum Gasteiger partial charge on any atom is 0.313 e. The van der Waals surface area contributed by atoms with Gasteiger partial charge in [0, 0.05) is 6.07 Å². The molecule has 1 aromatic carbocycles. The first-order chi connectivity index (χ1) is 9.65. The Kier molecular flexibility index (Phi) is 4.00. The molecule has 1 aromatic rings. The summed E-state index contributed by atoms with van der Waals surface area (Å²) in [4.78, 5) is 10.6. The summed E-state index contributed by atoms with van der Waals surface area (Å²) in [5, 5.41) is 9.16. The van der Waals surface area contributed by atoms with Crippen molar-refractivity contribution in [2.45, 2.75) is 17.9 Å². The number of carboxylic acids is 1. The first-order valence-corrected chi connectivity index (χ1v) is 7.43. The smallest absolute Gasteiger partial charge is 0.313 e. The van der Waals surface area contributed by atoms with Crippen LogP contribution in [0.15, 0.2) is 23.1 Å². The summed E-state index contributed by atoms with van der Waals surface area (Å²) in [6, 6.07) is 0.809. The molecule has 1 fully saturated rings. The lowest BCUT2D eigenvalue weighted by atomic mass is 9.86. The average Bonchev–Trinajstić information content (AvgIpc) is 2.70. The molecule has 2 atom stereocenters. The van der Waals surface area contributed by atoms with E-state index in [4.69, 9.17) is 9.84 Å². The number of nitrogens with one attached hydrogen (secondary N) is 1. The number of hydrogen-bond acceptors (Lipinski definition) is 4. The summed E-state index contributed by atoms with van der Waals surface area (Å²) < 4.78 is 57.6. The number of benzene rings is 1. The van der Waals surface area contributed by atoms with Gasteiger partial charge in [0.05, 0.1) is 24.2 Å². The van der Waals surface area contributed by atoms with Gasteiger partial charge in [-0.15, -0.1) is 0 Å². The van der Waals surface area contributed by atoms with E-state index in [0.717, 1.165) is 0 Å². The van der Waals surface area contributed by atoms with Crippen LogP contribution in [0.4, 0.5) is 8.78 Å². The predicted molar refractivity (Wildman–Crippen MR) is 67.0 cm³/mol.